The first-order valence-corrected chi connectivity index (χ1v) is 7.01. The van der Waals surface area contributed by atoms with E-state index in [1.165, 1.54) is 6.26 Å². The molecule has 0 aliphatic heterocycles. The molecule has 0 spiro atoms. The molecule has 3 unspecified atom stereocenters. The van der Waals surface area contributed by atoms with Gasteiger partial charge in [-0.1, -0.05) is 6.42 Å². The van der Waals surface area contributed by atoms with Crippen molar-refractivity contribution in [3.05, 3.63) is 0 Å². The monoisotopic (exact) mass is 234 g/mol. The molecule has 88 valence electrons. The second kappa shape index (κ2) is 4.49. The van der Waals surface area contributed by atoms with Gasteiger partial charge in [-0.2, -0.15) is 0 Å². The minimum absolute atomic E-state index is 0.0871. The summed E-state index contributed by atoms with van der Waals surface area (Å²) >= 11 is 0. The first-order chi connectivity index (χ1) is 6.82. The molecular weight excluding hydrogens is 216 g/mol. The van der Waals surface area contributed by atoms with E-state index in [1.54, 1.807) is 0 Å². The number of primary amides is 1. The van der Waals surface area contributed by atoms with Gasteiger partial charge in [0.25, 0.3) is 0 Å². The van der Waals surface area contributed by atoms with Gasteiger partial charge in [-0.15, -0.1) is 0 Å². The van der Waals surface area contributed by atoms with Gasteiger partial charge in [0.15, 0.2) is 0 Å². The van der Waals surface area contributed by atoms with E-state index < -0.39 is 21.8 Å². The summed E-state index contributed by atoms with van der Waals surface area (Å²) in [4.78, 5) is 10.9. The van der Waals surface area contributed by atoms with Gasteiger partial charge >= 0.3 is 0 Å². The second-order valence-electron chi connectivity index (χ2n) is 4.31. The zero-order chi connectivity index (χ0) is 11.6. The van der Waals surface area contributed by atoms with Crippen molar-refractivity contribution in [2.24, 2.45) is 17.4 Å². The molecule has 1 aliphatic carbocycles. The van der Waals surface area contributed by atoms with Crippen LogP contribution >= 0.6 is 0 Å². The standard InChI is InChI=1S/C9H18N2O3S/c1-15(13,14)7-4-2-3-6(5-7)8(10)9(11)12/h6-8H,2-5,10H2,1H3,(H2,11,12). The van der Waals surface area contributed by atoms with Crippen LogP contribution in [0.1, 0.15) is 25.7 Å². The van der Waals surface area contributed by atoms with E-state index in [9.17, 15) is 13.2 Å². The molecule has 0 bridgehead atoms. The van der Waals surface area contributed by atoms with Crippen LogP contribution in [0.15, 0.2) is 0 Å². The van der Waals surface area contributed by atoms with Crippen molar-refractivity contribution < 1.29 is 13.2 Å². The lowest BCUT2D eigenvalue weighted by molar-refractivity contribution is -0.120. The zero-order valence-corrected chi connectivity index (χ0v) is 9.66. The van der Waals surface area contributed by atoms with Crippen molar-refractivity contribution in [2.45, 2.75) is 37.0 Å². The van der Waals surface area contributed by atoms with E-state index in [-0.39, 0.29) is 11.2 Å². The van der Waals surface area contributed by atoms with Crippen LogP contribution in [-0.2, 0) is 14.6 Å². The van der Waals surface area contributed by atoms with E-state index in [0.29, 0.717) is 12.8 Å². The zero-order valence-electron chi connectivity index (χ0n) is 8.85. The fourth-order valence-electron chi connectivity index (χ4n) is 2.13. The SMILES string of the molecule is CS(=O)(=O)C1CCCC(C(N)C(N)=O)C1. The lowest BCUT2D eigenvalue weighted by Gasteiger charge is -2.30. The van der Waals surface area contributed by atoms with Gasteiger partial charge in [-0.05, 0) is 25.2 Å². The maximum Gasteiger partial charge on any atom is 0.234 e. The van der Waals surface area contributed by atoms with Crippen LogP contribution in [0.3, 0.4) is 0 Å². The van der Waals surface area contributed by atoms with Crippen molar-refractivity contribution in [3.63, 3.8) is 0 Å². The van der Waals surface area contributed by atoms with Crippen LogP contribution in [-0.4, -0.2) is 31.9 Å². The Morgan fingerprint density at radius 1 is 1.40 bits per heavy atom. The number of carbonyl (C=O) groups is 1. The number of hydrogen-bond acceptors (Lipinski definition) is 4. The lowest BCUT2D eigenvalue weighted by Crippen LogP contribution is -2.45. The first kappa shape index (κ1) is 12.4. The third-order valence-electron chi connectivity index (χ3n) is 3.11. The van der Waals surface area contributed by atoms with Crippen LogP contribution in [0.4, 0.5) is 0 Å². The van der Waals surface area contributed by atoms with Crippen LogP contribution in [0.5, 0.6) is 0 Å². The van der Waals surface area contributed by atoms with Crippen LogP contribution in [0.2, 0.25) is 0 Å². The minimum Gasteiger partial charge on any atom is -0.368 e. The third-order valence-corrected chi connectivity index (χ3v) is 4.75. The molecule has 1 fully saturated rings. The molecule has 5 nitrogen and oxygen atoms in total. The van der Waals surface area contributed by atoms with Crippen molar-refractivity contribution in [1.82, 2.24) is 0 Å². The molecule has 0 radical (unpaired) electrons. The van der Waals surface area contributed by atoms with E-state index >= 15 is 0 Å². The molecule has 0 aromatic carbocycles. The summed E-state index contributed by atoms with van der Waals surface area (Å²) in [6.07, 6.45) is 3.94. The first-order valence-electron chi connectivity index (χ1n) is 5.06. The Kier molecular flexibility index (Phi) is 3.72. The molecule has 1 rings (SSSR count). The smallest absolute Gasteiger partial charge is 0.234 e. The number of amides is 1. The number of hydrogen-bond donors (Lipinski definition) is 2. The topological polar surface area (TPSA) is 103 Å². The van der Waals surface area contributed by atoms with E-state index in [2.05, 4.69) is 0 Å². The molecule has 4 N–H and O–H groups in total. The molecule has 3 atom stereocenters. The molecule has 0 aromatic rings. The van der Waals surface area contributed by atoms with Gasteiger partial charge in [-0.25, -0.2) is 8.42 Å². The highest BCUT2D eigenvalue weighted by atomic mass is 32.2. The van der Waals surface area contributed by atoms with Crippen LogP contribution < -0.4 is 11.5 Å². The molecule has 0 heterocycles. The predicted octanol–water partition coefficient (Wildman–Crippen LogP) is -0.598. The van der Waals surface area contributed by atoms with Gasteiger partial charge in [0.2, 0.25) is 5.91 Å². The number of carbonyl (C=O) groups excluding carboxylic acids is 1. The Hall–Kier alpha value is -0.620. The van der Waals surface area contributed by atoms with Crippen molar-refractivity contribution in [2.75, 3.05) is 6.26 Å². The van der Waals surface area contributed by atoms with Gasteiger partial charge in [0.1, 0.15) is 9.84 Å². The summed E-state index contributed by atoms with van der Waals surface area (Å²) in [5, 5.41) is -0.360. The summed E-state index contributed by atoms with van der Waals surface area (Å²) in [6.45, 7) is 0. The van der Waals surface area contributed by atoms with E-state index in [1.807, 2.05) is 0 Å². The molecule has 1 aliphatic rings. The van der Waals surface area contributed by atoms with Gasteiger partial charge in [0, 0.05) is 6.26 Å². The third kappa shape index (κ3) is 3.17. The molecule has 1 amide bonds. The molecule has 15 heavy (non-hydrogen) atoms. The van der Waals surface area contributed by atoms with E-state index in [4.69, 9.17) is 11.5 Å². The van der Waals surface area contributed by atoms with Gasteiger partial charge < -0.3 is 11.5 Å². The quantitative estimate of drug-likeness (QED) is 0.680. The summed E-state index contributed by atoms with van der Waals surface area (Å²) < 4.78 is 22.7. The molecule has 1 saturated carbocycles. The van der Waals surface area contributed by atoms with Crippen LogP contribution in [0.25, 0.3) is 0 Å². The Bertz CT molecular complexity index is 339. The Morgan fingerprint density at radius 3 is 2.47 bits per heavy atom. The van der Waals surface area contributed by atoms with Crippen LogP contribution in [0, 0.1) is 5.92 Å². The predicted molar refractivity (Wildman–Crippen MR) is 57.8 cm³/mol. The highest BCUT2D eigenvalue weighted by molar-refractivity contribution is 7.91. The molecule has 6 heteroatoms. The normalized spacial score (nSPS) is 29.7. The Balaban J connectivity index is 2.68. The summed E-state index contributed by atoms with van der Waals surface area (Å²) in [7, 11) is -3.03. The average molecular weight is 234 g/mol. The van der Waals surface area contributed by atoms with E-state index in [0.717, 1.165) is 12.8 Å². The summed E-state index contributed by atoms with van der Waals surface area (Å²) in [5.74, 6) is -0.634. The highest BCUT2D eigenvalue weighted by Crippen LogP contribution is 2.29. The van der Waals surface area contributed by atoms with Crippen molar-refractivity contribution in [1.29, 1.82) is 0 Å². The lowest BCUT2D eigenvalue weighted by atomic mass is 9.83. The molecule has 0 saturated heterocycles. The maximum absolute atomic E-state index is 11.4. The minimum atomic E-state index is -3.03. The summed E-state index contributed by atoms with van der Waals surface area (Å²) in [6, 6.07) is -0.713. The fourth-order valence-corrected chi connectivity index (χ4v) is 3.32. The average Bonchev–Trinajstić information content (AvgIpc) is 2.15. The molecule has 0 aromatic heterocycles. The largest absolute Gasteiger partial charge is 0.368 e. The van der Waals surface area contributed by atoms with Gasteiger partial charge in [0.05, 0.1) is 11.3 Å². The fraction of sp³-hybridized carbons (Fsp3) is 0.889. The Morgan fingerprint density at radius 2 is 2.00 bits per heavy atom. The second-order valence-corrected chi connectivity index (χ2v) is 6.63. The number of nitrogens with two attached hydrogens (primary N) is 2. The highest BCUT2D eigenvalue weighted by Gasteiger charge is 2.33. The molecular formula is C9H18N2O3S. The van der Waals surface area contributed by atoms with Gasteiger partial charge in [-0.3, -0.25) is 4.79 Å². The summed E-state index contributed by atoms with van der Waals surface area (Å²) in [5.41, 5.74) is 10.7. The number of sulfone groups is 1. The Labute approximate surface area is 90.1 Å². The van der Waals surface area contributed by atoms with Crippen molar-refractivity contribution >= 4 is 15.7 Å². The number of rotatable bonds is 3. The van der Waals surface area contributed by atoms with Crippen molar-refractivity contribution in [3.8, 4) is 0 Å². The maximum atomic E-state index is 11.4.